The van der Waals surface area contributed by atoms with Gasteiger partial charge in [-0.2, -0.15) is 0 Å². The van der Waals surface area contributed by atoms with Gasteiger partial charge in [0, 0.05) is 24.5 Å². The fourth-order valence-corrected chi connectivity index (χ4v) is 2.84. The maximum Gasteiger partial charge on any atom is 0.195 e. The van der Waals surface area contributed by atoms with Gasteiger partial charge < -0.3 is 21.7 Å². The Labute approximate surface area is 161 Å². The van der Waals surface area contributed by atoms with Gasteiger partial charge in [-0.3, -0.25) is 9.98 Å². The highest BCUT2D eigenvalue weighted by Crippen LogP contribution is 2.14. The number of aryl methyl sites for hydroxylation is 2. The Kier molecular flexibility index (Phi) is 6.68. The van der Waals surface area contributed by atoms with Crippen LogP contribution in [-0.2, 0) is 12.8 Å². The molecule has 0 atom stereocenters. The molecule has 3 rings (SSSR count). The van der Waals surface area contributed by atoms with Crippen LogP contribution in [-0.4, -0.2) is 31.6 Å². The second-order valence-corrected chi connectivity index (χ2v) is 6.57. The zero-order chi connectivity index (χ0) is 18.9. The van der Waals surface area contributed by atoms with Crippen LogP contribution >= 0.6 is 0 Å². The first-order valence-electron chi connectivity index (χ1n) is 9.53. The standard InChI is InChI=1S/C21H28N6/c1-2-13-23-20(22)26-18-9-5-16(6-10-18)3-4-17-7-11-19(12-8-17)27-21-24-14-15-25-21/h5-12H,2-4,13-15H2,1H3,(H3,22,23,26)(H2,24,25,27). The highest BCUT2D eigenvalue weighted by atomic mass is 15.2. The van der Waals surface area contributed by atoms with E-state index in [1.54, 1.807) is 0 Å². The van der Waals surface area contributed by atoms with Gasteiger partial charge in [0.25, 0.3) is 0 Å². The first-order chi connectivity index (χ1) is 13.2. The molecule has 0 unspecified atom stereocenters. The van der Waals surface area contributed by atoms with E-state index >= 15 is 0 Å². The molecule has 1 heterocycles. The van der Waals surface area contributed by atoms with E-state index < -0.39 is 0 Å². The summed E-state index contributed by atoms with van der Waals surface area (Å²) in [7, 11) is 0. The van der Waals surface area contributed by atoms with Gasteiger partial charge >= 0.3 is 0 Å². The lowest BCUT2D eigenvalue weighted by Gasteiger charge is -2.09. The van der Waals surface area contributed by atoms with Crippen LogP contribution in [0.1, 0.15) is 24.5 Å². The molecule has 0 saturated carbocycles. The molecule has 5 N–H and O–H groups in total. The summed E-state index contributed by atoms with van der Waals surface area (Å²) in [6.45, 7) is 4.58. The van der Waals surface area contributed by atoms with E-state index in [9.17, 15) is 0 Å². The van der Waals surface area contributed by atoms with Gasteiger partial charge in [-0.05, 0) is 54.7 Å². The number of anilines is 2. The third-order valence-electron chi connectivity index (χ3n) is 4.33. The molecular weight excluding hydrogens is 336 g/mol. The monoisotopic (exact) mass is 364 g/mol. The first kappa shape index (κ1) is 18.8. The number of benzene rings is 2. The first-order valence-corrected chi connectivity index (χ1v) is 9.53. The van der Waals surface area contributed by atoms with Crippen LogP contribution in [0.2, 0.25) is 0 Å². The number of nitrogens with two attached hydrogens (primary N) is 1. The molecule has 2 aromatic rings. The summed E-state index contributed by atoms with van der Waals surface area (Å²) < 4.78 is 0. The molecule has 0 radical (unpaired) electrons. The minimum Gasteiger partial charge on any atom is -0.370 e. The number of hydrogen-bond acceptors (Lipinski definition) is 4. The molecule has 0 fully saturated rings. The van der Waals surface area contributed by atoms with Gasteiger partial charge in [0.05, 0.1) is 6.54 Å². The Morgan fingerprint density at radius 1 is 1.04 bits per heavy atom. The molecule has 0 aliphatic carbocycles. The predicted octanol–water partition coefficient (Wildman–Crippen LogP) is 2.98. The number of nitrogens with zero attached hydrogens (tertiary/aromatic N) is 2. The summed E-state index contributed by atoms with van der Waals surface area (Å²) in [5, 5.41) is 9.62. The van der Waals surface area contributed by atoms with Crippen molar-refractivity contribution in [2.75, 3.05) is 30.3 Å². The fourth-order valence-electron chi connectivity index (χ4n) is 2.84. The average molecular weight is 364 g/mol. The van der Waals surface area contributed by atoms with Crippen LogP contribution in [0.5, 0.6) is 0 Å². The molecule has 0 bridgehead atoms. The number of guanidine groups is 2. The predicted molar refractivity (Wildman–Crippen MR) is 115 cm³/mol. The molecule has 6 heteroatoms. The van der Waals surface area contributed by atoms with Crippen LogP contribution in [0.3, 0.4) is 0 Å². The minimum atomic E-state index is 0.470. The van der Waals surface area contributed by atoms with E-state index in [-0.39, 0.29) is 0 Å². The van der Waals surface area contributed by atoms with Crippen LogP contribution in [0, 0.1) is 0 Å². The van der Waals surface area contributed by atoms with Crippen LogP contribution in [0.25, 0.3) is 0 Å². The van der Waals surface area contributed by atoms with Crippen molar-refractivity contribution in [1.29, 1.82) is 0 Å². The van der Waals surface area contributed by atoms with Gasteiger partial charge in [0.2, 0.25) is 0 Å². The third-order valence-corrected chi connectivity index (χ3v) is 4.33. The van der Waals surface area contributed by atoms with E-state index in [1.807, 2.05) is 12.1 Å². The molecule has 0 saturated heterocycles. The number of rotatable bonds is 7. The van der Waals surface area contributed by atoms with E-state index in [2.05, 4.69) is 69.3 Å². The van der Waals surface area contributed by atoms with Crippen molar-refractivity contribution in [1.82, 2.24) is 5.32 Å². The second-order valence-electron chi connectivity index (χ2n) is 6.57. The van der Waals surface area contributed by atoms with Crippen molar-refractivity contribution in [2.24, 2.45) is 15.7 Å². The Balaban J connectivity index is 1.48. The second kappa shape index (κ2) is 9.62. The highest BCUT2D eigenvalue weighted by molar-refractivity contribution is 5.94. The quantitative estimate of drug-likeness (QED) is 0.449. The Bertz CT molecular complexity index is 777. The van der Waals surface area contributed by atoms with Gasteiger partial charge in [-0.15, -0.1) is 0 Å². The average Bonchev–Trinajstić information content (AvgIpc) is 3.20. The van der Waals surface area contributed by atoms with E-state index in [1.165, 1.54) is 11.1 Å². The molecule has 0 amide bonds. The maximum atomic E-state index is 5.85. The summed E-state index contributed by atoms with van der Waals surface area (Å²) in [4.78, 5) is 8.59. The van der Waals surface area contributed by atoms with Crippen molar-refractivity contribution >= 4 is 23.3 Å². The zero-order valence-corrected chi connectivity index (χ0v) is 15.8. The zero-order valence-electron chi connectivity index (χ0n) is 15.8. The molecule has 0 aromatic heterocycles. The lowest BCUT2D eigenvalue weighted by atomic mass is 10.0. The molecular formula is C21H28N6. The fraction of sp³-hybridized carbons (Fsp3) is 0.333. The maximum absolute atomic E-state index is 5.85. The van der Waals surface area contributed by atoms with Crippen LogP contribution in [0.15, 0.2) is 58.5 Å². The number of nitrogens with one attached hydrogen (secondary N) is 3. The molecule has 142 valence electrons. The van der Waals surface area contributed by atoms with Crippen LogP contribution in [0.4, 0.5) is 11.4 Å². The minimum absolute atomic E-state index is 0.470. The number of hydrogen-bond donors (Lipinski definition) is 4. The Hall–Kier alpha value is -3.02. The van der Waals surface area contributed by atoms with E-state index in [4.69, 9.17) is 5.73 Å². The summed E-state index contributed by atoms with van der Waals surface area (Å²) in [6, 6.07) is 16.9. The van der Waals surface area contributed by atoms with Crippen LogP contribution < -0.4 is 21.7 Å². The molecule has 0 spiro atoms. The molecule has 6 nitrogen and oxygen atoms in total. The normalized spacial score (nSPS) is 13.8. The van der Waals surface area contributed by atoms with Gasteiger partial charge in [0.15, 0.2) is 11.9 Å². The lowest BCUT2D eigenvalue weighted by Crippen LogP contribution is -2.26. The SMILES string of the molecule is CCCN=C(N)Nc1ccc(CCc2ccc(NC3=NCCN3)cc2)cc1. The van der Waals surface area contributed by atoms with Crippen molar-refractivity contribution in [2.45, 2.75) is 26.2 Å². The summed E-state index contributed by atoms with van der Waals surface area (Å²) in [5.74, 6) is 1.33. The summed E-state index contributed by atoms with van der Waals surface area (Å²) in [5.41, 5.74) is 10.5. The highest BCUT2D eigenvalue weighted by Gasteiger charge is 2.04. The molecule has 2 aromatic carbocycles. The topological polar surface area (TPSA) is 86.8 Å². The van der Waals surface area contributed by atoms with E-state index in [0.717, 1.165) is 56.2 Å². The van der Waals surface area contributed by atoms with E-state index in [0.29, 0.717) is 5.96 Å². The molecule has 27 heavy (non-hydrogen) atoms. The largest absolute Gasteiger partial charge is 0.370 e. The third kappa shape index (κ3) is 6.02. The lowest BCUT2D eigenvalue weighted by molar-refractivity contribution is 0.929. The Morgan fingerprint density at radius 2 is 1.67 bits per heavy atom. The van der Waals surface area contributed by atoms with Gasteiger partial charge in [-0.1, -0.05) is 31.2 Å². The summed E-state index contributed by atoms with van der Waals surface area (Å²) in [6.07, 6.45) is 3.00. The van der Waals surface area contributed by atoms with Crippen molar-refractivity contribution in [3.05, 3.63) is 59.7 Å². The molecule has 1 aliphatic heterocycles. The summed E-state index contributed by atoms with van der Waals surface area (Å²) >= 11 is 0. The van der Waals surface area contributed by atoms with Crippen molar-refractivity contribution in [3.8, 4) is 0 Å². The van der Waals surface area contributed by atoms with Crippen molar-refractivity contribution < 1.29 is 0 Å². The smallest absolute Gasteiger partial charge is 0.195 e. The van der Waals surface area contributed by atoms with Crippen molar-refractivity contribution in [3.63, 3.8) is 0 Å². The van der Waals surface area contributed by atoms with Gasteiger partial charge in [-0.25, -0.2) is 0 Å². The molecule has 1 aliphatic rings. The van der Waals surface area contributed by atoms with Gasteiger partial charge in [0.1, 0.15) is 0 Å². The Morgan fingerprint density at radius 3 is 2.22 bits per heavy atom. The number of aliphatic imine (C=N–C) groups is 2.